The summed E-state index contributed by atoms with van der Waals surface area (Å²) in [5.41, 5.74) is -1.01. The minimum atomic E-state index is -4.58. The molecule has 0 aliphatic rings. The normalized spacial score (nSPS) is 11.2. The van der Waals surface area contributed by atoms with Crippen molar-refractivity contribution in [2.75, 3.05) is 5.32 Å². The molecule has 0 spiro atoms. The number of hydrogen-bond acceptors (Lipinski definition) is 3. The van der Waals surface area contributed by atoms with Gasteiger partial charge in [-0.25, -0.2) is 4.79 Å². The smallest absolute Gasteiger partial charge is 0.433 e. The van der Waals surface area contributed by atoms with Crippen molar-refractivity contribution in [1.82, 2.24) is 4.98 Å². The van der Waals surface area contributed by atoms with Crippen LogP contribution in [0.5, 0.6) is 0 Å². The summed E-state index contributed by atoms with van der Waals surface area (Å²) in [6.45, 7) is 0. The van der Waals surface area contributed by atoms with Gasteiger partial charge in [-0.1, -0.05) is 11.6 Å². The third-order valence-corrected chi connectivity index (χ3v) is 2.78. The van der Waals surface area contributed by atoms with Gasteiger partial charge in [-0.2, -0.15) is 13.2 Å². The summed E-state index contributed by atoms with van der Waals surface area (Å²) >= 11 is 5.70. The number of halogens is 4. The van der Waals surface area contributed by atoms with E-state index in [-0.39, 0.29) is 22.0 Å². The van der Waals surface area contributed by atoms with E-state index in [0.29, 0.717) is 0 Å². The fraction of sp³-hybridized carbons (Fsp3) is 0.0769. The number of nitrogens with zero attached hydrogens (tertiary/aromatic N) is 1. The molecule has 0 saturated heterocycles. The van der Waals surface area contributed by atoms with Crippen molar-refractivity contribution >= 4 is 28.9 Å². The van der Waals surface area contributed by atoms with Crippen LogP contribution in [0.25, 0.3) is 0 Å². The van der Waals surface area contributed by atoms with Crippen molar-refractivity contribution in [3.8, 4) is 0 Å². The molecule has 8 heteroatoms. The number of pyridine rings is 1. The second kappa shape index (κ2) is 5.61. The zero-order valence-electron chi connectivity index (χ0n) is 10.3. The van der Waals surface area contributed by atoms with Gasteiger partial charge in [-0.15, -0.1) is 0 Å². The molecule has 0 unspecified atom stereocenters. The van der Waals surface area contributed by atoms with Crippen molar-refractivity contribution in [2.45, 2.75) is 6.18 Å². The Balaban J connectivity index is 2.37. The van der Waals surface area contributed by atoms with Gasteiger partial charge >= 0.3 is 12.1 Å². The van der Waals surface area contributed by atoms with Gasteiger partial charge in [0.2, 0.25) is 0 Å². The predicted octanol–water partition coefficient (Wildman–Crippen LogP) is 4.20. The molecule has 2 aromatic rings. The minimum absolute atomic E-state index is 0.0714. The maximum absolute atomic E-state index is 12.6. The van der Waals surface area contributed by atoms with Gasteiger partial charge in [0.15, 0.2) is 0 Å². The molecule has 0 atom stereocenters. The molecule has 1 aromatic heterocycles. The van der Waals surface area contributed by atoms with Gasteiger partial charge in [-0.3, -0.25) is 4.98 Å². The first-order valence-corrected chi connectivity index (χ1v) is 5.98. The fourth-order valence-corrected chi connectivity index (χ4v) is 1.79. The van der Waals surface area contributed by atoms with Crippen LogP contribution >= 0.6 is 11.6 Å². The van der Waals surface area contributed by atoms with E-state index >= 15 is 0 Å². The highest BCUT2D eigenvalue weighted by atomic mass is 35.5. The van der Waals surface area contributed by atoms with Crippen LogP contribution < -0.4 is 5.32 Å². The van der Waals surface area contributed by atoms with Crippen molar-refractivity contribution in [3.05, 3.63) is 52.8 Å². The highest BCUT2D eigenvalue weighted by Crippen LogP contribution is 2.30. The van der Waals surface area contributed by atoms with E-state index < -0.39 is 17.8 Å². The Morgan fingerprint density at radius 2 is 1.95 bits per heavy atom. The third kappa shape index (κ3) is 3.63. The van der Waals surface area contributed by atoms with E-state index in [1.54, 1.807) is 0 Å². The lowest BCUT2D eigenvalue weighted by molar-refractivity contribution is -0.141. The number of carboxylic acids is 1. The number of carbonyl (C=O) groups is 1. The maximum atomic E-state index is 12.6. The van der Waals surface area contributed by atoms with Crippen molar-refractivity contribution in [2.24, 2.45) is 0 Å². The summed E-state index contributed by atoms with van der Waals surface area (Å²) in [6.07, 6.45) is -3.59. The standard InChI is InChI=1S/C13H8ClF3N2O2/c14-7-1-2-10(9(5-7)12(20)21)19-8-3-4-18-11(6-8)13(15,16)17/h1-6H,(H,18,19)(H,20,21). The minimum Gasteiger partial charge on any atom is -0.478 e. The Morgan fingerprint density at radius 3 is 2.57 bits per heavy atom. The quantitative estimate of drug-likeness (QED) is 0.891. The molecule has 21 heavy (non-hydrogen) atoms. The Labute approximate surface area is 122 Å². The number of hydrogen-bond donors (Lipinski definition) is 2. The van der Waals surface area contributed by atoms with E-state index in [1.807, 2.05) is 0 Å². The number of alkyl halides is 3. The van der Waals surface area contributed by atoms with E-state index in [1.165, 1.54) is 24.3 Å². The van der Waals surface area contributed by atoms with Crippen LogP contribution in [0.1, 0.15) is 16.1 Å². The molecule has 0 radical (unpaired) electrons. The highest BCUT2D eigenvalue weighted by Gasteiger charge is 2.32. The Morgan fingerprint density at radius 1 is 1.24 bits per heavy atom. The van der Waals surface area contributed by atoms with Crippen LogP contribution in [-0.4, -0.2) is 16.1 Å². The molecule has 1 aromatic carbocycles. The van der Waals surface area contributed by atoms with Crippen LogP contribution in [0.3, 0.4) is 0 Å². The first-order valence-electron chi connectivity index (χ1n) is 5.60. The predicted molar refractivity (Wildman–Crippen MR) is 70.9 cm³/mol. The molecule has 0 saturated carbocycles. The lowest BCUT2D eigenvalue weighted by Gasteiger charge is -2.12. The van der Waals surface area contributed by atoms with Crippen LogP contribution in [0.15, 0.2) is 36.5 Å². The molecule has 110 valence electrons. The van der Waals surface area contributed by atoms with E-state index in [0.717, 1.165) is 12.3 Å². The average Bonchev–Trinajstić information content (AvgIpc) is 2.40. The van der Waals surface area contributed by atoms with Crippen LogP contribution in [0, 0.1) is 0 Å². The van der Waals surface area contributed by atoms with Gasteiger partial charge in [0.05, 0.1) is 11.3 Å². The first kappa shape index (κ1) is 15.1. The van der Waals surface area contributed by atoms with Crippen LogP contribution in [-0.2, 0) is 6.18 Å². The van der Waals surface area contributed by atoms with Crippen molar-refractivity contribution < 1.29 is 23.1 Å². The molecular formula is C13H8ClF3N2O2. The molecule has 0 fully saturated rings. The van der Waals surface area contributed by atoms with E-state index in [2.05, 4.69) is 10.3 Å². The lowest BCUT2D eigenvalue weighted by atomic mass is 10.1. The Bertz CT molecular complexity index is 689. The second-order valence-corrected chi connectivity index (χ2v) is 4.48. The summed E-state index contributed by atoms with van der Waals surface area (Å²) in [5, 5.41) is 11.9. The molecule has 1 heterocycles. The highest BCUT2D eigenvalue weighted by molar-refractivity contribution is 6.31. The zero-order chi connectivity index (χ0) is 15.6. The second-order valence-electron chi connectivity index (χ2n) is 4.05. The van der Waals surface area contributed by atoms with Gasteiger partial charge in [0.1, 0.15) is 5.69 Å². The number of carboxylic acid groups (broad SMARTS) is 1. The average molecular weight is 317 g/mol. The van der Waals surface area contributed by atoms with Gasteiger partial charge < -0.3 is 10.4 Å². The molecule has 4 nitrogen and oxygen atoms in total. The summed E-state index contributed by atoms with van der Waals surface area (Å²) in [7, 11) is 0. The van der Waals surface area contributed by atoms with Gasteiger partial charge in [0, 0.05) is 16.9 Å². The SMILES string of the molecule is O=C(O)c1cc(Cl)ccc1Nc1ccnc(C(F)(F)F)c1. The largest absolute Gasteiger partial charge is 0.478 e. The summed E-state index contributed by atoms with van der Waals surface area (Å²) < 4.78 is 37.7. The number of benzene rings is 1. The van der Waals surface area contributed by atoms with E-state index in [4.69, 9.17) is 16.7 Å². The number of nitrogens with one attached hydrogen (secondary N) is 1. The molecule has 2 N–H and O–H groups in total. The lowest BCUT2D eigenvalue weighted by Crippen LogP contribution is -2.08. The number of aromatic carboxylic acids is 1. The molecule has 2 rings (SSSR count). The summed E-state index contributed by atoms with van der Waals surface area (Å²) in [4.78, 5) is 14.3. The summed E-state index contributed by atoms with van der Waals surface area (Å²) in [6, 6.07) is 6.11. The zero-order valence-corrected chi connectivity index (χ0v) is 11.0. The van der Waals surface area contributed by atoms with Crippen LogP contribution in [0.2, 0.25) is 5.02 Å². The third-order valence-electron chi connectivity index (χ3n) is 2.54. The monoisotopic (exact) mass is 316 g/mol. The van der Waals surface area contributed by atoms with Gasteiger partial charge in [-0.05, 0) is 30.3 Å². The maximum Gasteiger partial charge on any atom is 0.433 e. The number of anilines is 2. The molecule has 0 aliphatic heterocycles. The number of rotatable bonds is 3. The van der Waals surface area contributed by atoms with Crippen molar-refractivity contribution in [3.63, 3.8) is 0 Å². The van der Waals surface area contributed by atoms with Gasteiger partial charge in [0.25, 0.3) is 0 Å². The topological polar surface area (TPSA) is 62.2 Å². The first-order chi connectivity index (χ1) is 9.77. The van der Waals surface area contributed by atoms with Crippen LogP contribution in [0.4, 0.5) is 24.5 Å². The molecular weight excluding hydrogens is 309 g/mol. The van der Waals surface area contributed by atoms with E-state index in [9.17, 15) is 18.0 Å². The number of aromatic nitrogens is 1. The molecule has 0 bridgehead atoms. The fourth-order valence-electron chi connectivity index (χ4n) is 1.62. The summed E-state index contributed by atoms with van der Waals surface area (Å²) in [5.74, 6) is -1.25. The van der Waals surface area contributed by atoms with Crippen molar-refractivity contribution in [1.29, 1.82) is 0 Å². The Hall–Kier alpha value is -2.28. The Kier molecular flexibility index (Phi) is 4.04. The molecule has 0 aliphatic carbocycles. The molecule has 0 amide bonds.